The van der Waals surface area contributed by atoms with Crippen LogP contribution in [0.4, 0.5) is 17.2 Å². The van der Waals surface area contributed by atoms with Crippen LogP contribution >= 0.6 is 0 Å². The Balaban J connectivity index is 1.55. The molecule has 0 aliphatic carbocycles. The van der Waals surface area contributed by atoms with Crippen molar-refractivity contribution in [3.05, 3.63) is 90.6 Å². The van der Waals surface area contributed by atoms with Crippen LogP contribution in [0.5, 0.6) is 0 Å². The molecule has 0 radical (unpaired) electrons. The minimum atomic E-state index is -0.300. The van der Waals surface area contributed by atoms with Gasteiger partial charge in [0.25, 0.3) is 5.91 Å². The molecule has 1 amide bonds. The summed E-state index contributed by atoms with van der Waals surface area (Å²) in [7, 11) is 0. The number of carbonyl (C=O) groups is 1. The normalized spacial score (nSPS) is 10.5. The summed E-state index contributed by atoms with van der Waals surface area (Å²) in [5.74, 6) is 1.32. The summed E-state index contributed by atoms with van der Waals surface area (Å²) in [6, 6.07) is 22.5. The summed E-state index contributed by atoms with van der Waals surface area (Å²) in [6.45, 7) is 1.86. The van der Waals surface area contributed by atoms with Crippen LogP contribution in [-0.4, -0.2) is 15.9 Å². The van der Waals surface area contributed by atoms with Crippen LogP contribution in [0.3, 0.4) is 0 Å². The maximum Gasteiger partial charge on any atom is 0.291 e. The van der Waals surface area contributed by atoms with Gasteiger partial charge in [-0.25, -0.2) is 9.97 Å². The smallest absolute Gasteiger partial charge is 0.291 e. The van der Waals surface area contributed by atoms with Crippen molar-refractivity contribution in [3.8, 4) is 11.3 Å². The molecule has 0 aliphatic rings. The number of hydrogen-bond donors (Lipinski definition) is 2. The Morgan fingerprint density at radius 3 is 2.50 bits per heavy atom. The summed E-state index contributed by atoms with van der Waals surface area (Å²) >= 11 is 0. The third-order valence-electron chi connectivity index (χ3n) is 4.05. The number of nitrogens with zero attached hydrogens (tertiary/aromatic N) is 2. The second kappa shape index (κ2) is 7.75. The zero-order valence-electron chi connectivity index (χ0n) is 15.2. The number of nitrogens with one attached hydrogen (secondary N) is 2. The molecule has 0 saturated heterocycles. The van der Waals surface area contributed by atoms with Crippen LogP contribution in [-0.2, 0) is 0 Å². The highest BCUT2D eigenvalue weighted by Crippen LogP contribution is 2.23. The van der Waals surface area contributed by atoms with E-state index in [0.29, 0.717) is 17.3 Å². The third-order valence-corrected chi connectivity index (χ3v) is 4.05. The Hall–Kier alpha value is -3.93. The Morgan fingerprint density at radius 2 is 1.71 bits per heavy atom. The zero-order chi connectivity index (χ0) is 19.3. The molecule has 0 aliphatic heterocycles. The van der Waals surface area contributed by atoms with E-state index < -0.39 is 0 Å². The molecule has 0 atom stereocenters. The van der Waals surface area contributed by atoms with Crippen molar-refractivity contribution >= 4 is 23.1 Å². The highest BCUT2D eigenvalue weighted by molar-refractivity contribution is 6.02. The standard InChI is InChI=1S/C22H18N4O2/c1-15-23-19(16-7-3-2-4-8-16)14-21(24-15)25-17-9-5-10-18(13-17)26-22(27)20-11-6-12-28-20/h2-14H,1H3,(H,26,27)(H,23,24,25). The van der Waals surface area contributed by atoms with Crippen molar-refractivity contribution < 1.29 is 9.21 Å². The van der Waals surface area contributed by atoms with E-state index >= 15 is 0 Å². The zero-order valence-corrected chi connectivity index (χ0v) is 15.2. The lowest BCUT2D eigenvalue weighted by atomic mass is 10.1. The highest BCUT2D eigenvalue weighted by atomic mass is 16.3. The number of anilines is 3. The number of aryl methyl sites for hydroxylation is 1. The van der Waals surface area contributed by atoms with Gasteiger partial charge in [-0.1, -0.05) is 36.4 Å². The van der Waals surface area contributed by atoms with Crippen LogP contribution < -0.4 is 10.6 Å². The van der Waals surface area contributed by atoms with Gasteiger partial charge >= 0.3 is 0 Å². The molecule has 2 aromatic heterocycles. The van der Waals surface area contributed by atoms with Gasteiger partial charge in [0, 0.05) is 23.0 Å². The Morgan fingerprint density at radius 1 is 0.893 bits per heavy atom. The average Bonchev–Trinajstić information content (AvgIpc) is 3.23. The fourth-order valence-electron chi connectivity index (χ4n) is 2.81. The highest BCUT2D eigenvalue weighted by Gasteiger charge is 2.09. The third kappa shape index (κ3) is 4.07. The van der Waals surface area contributed by atoms with Gasteiger partial charge in [0.2, 0.25) is 0 Å². The summed E-state index contributed by atoms with van der Waals surface area (Å²) in [5, 5.41) is 6.09. The molecule has 138 valence electrons. The van der Waals surface area contributed by atoms with Gasteiger partial charge in [0.15, 0.2) is 5.76 Å². The van der Waals surface area contributed by atoms with Crippen LogP contribution in [0.1, 0.15) is 16.4 Å². The van der Waals surface area contributed by atoms with Crippen molar-refractivity contribution in [3.63, 3.8) is 0 Å². The molecule has 0 spiro atoms. The predicted octanol–water partition coefficient (Wildman–Crippen LogP) is 5.04. The number of rotatable bonds is 5. The van der Waals surface area contributed by atoms with E-state index in [2.05, 4.69) is 20.6 Å². The SMILES string of the molecule is Cc1nc(Nc2cccc(NC(=O)c3ccco3)c2)cc(-c2ccccc2)n1. The average molecular weight is 370 g/mol. The summed E-state index contributed by atoms with van der Waals surface area (Å²) in [4.78, 5) is 21.1. The molecule has 0 saturated carbocycles. The molecular weight excluding hydrogens is 352 g/mol. The summed E-state index contributed by atoms with van der Waals surface area (Å²) in [6.07, 6.45) is 1.47. The number of carbonyl (C=O) groups excluding carboxylic acids is 1. The Kier molecular flexibility index (Phi) is 4.84. The molecule has 6 heteroatoms. The van der Waals surface area contributed by atoms with Gasteiger partial charge in [-0.3, -0.25) is 4.79 Å². The largest absolute Gasteiger partial charge is 0.459 e. The Bertz CT molecular complexity index is 1090. The maximum absolute atomic E-state index is 12.1. The van der Waals surface area contributed by atoms with Crippen LogP contribution in [0.25, 0.3) is 11.3 Å². The van der Waals surface area contributed by atoms with E-state index in [1.165, 1.54) is 6.26 Å². The molecule has 0 fully saturated rings. The molecule has 6 nitrogen and oxygen atoms in total. The number of furan rings is 1. The summed E-state index contributed by atoms with van der Waals surface area (Å²) in [5.41, 5.74) is 3.32. The first-order chi connectivity index (χ1) is 13.7. The van der Waals surface area contributed by atoms with Crippen molar-refractivity contribution in [2.45, 2.75) is 6.92 Å². The molecule has 2 aromatic carbocycles. The minimum absolute atomic E-state index is 0.261. The van der Waals surface area contributed by atoms with Crippen LogP contribution in [0.2, 0.25) is 0 Å². The van der Waals surface area contributed by atoms with E-state index in [-0.39, 0.29) is 11.7 Å². The number of aromatic nitrogens is 2. The molecule has 4 rings (SSSR count). The van der Waals surface area contributed by atoms with E-state index in [0.717, 1.165) is 16.9 Å². The van der Waals surface area contributed by atoms with Crippen molar-refractivity contribution in [1.82, 2.24) is 9.97 Å². The van der Waals surface area contributed by atoms with Gasteiger partial charge in [-0.15, -0.1) is 0 Å². The Labute approximate surface area is 162 Å². The van der Waals surface area contributed by atoms with Gasteiger partial charge in [-0.05, 0) is 37.3 Å². The molecule has 2 N–H and O–H groups in total. The lowest BCUT2D eigenvalue weighted by Crippen LogP contribution is -2.10. The second-order valence-corrected chi connectivity index (χ2v) is 6.19. The van der Waals surface area contributed by atoms with Crippen LogP contribution in [0.15, 0.2) is 83.5 Å². The number of hydrogen-bond acceptors (Lipinski definition) is 5. The van der Waals surface area contributed by atoms with Crippen LogP contribution in [0, 0.1) is 6.92 Å². The van der Waals surface area contributed by atoms with Crippen molar-refractivity contribution in [2.24, 2.45) is 0 Å². The van der Waals surface area contributed by atoms with Gasteiger partial charge in [0.05, 0.1) is 12.0 Å². The fourth-order valence-corrected chi connectivity index (χ4v) is 2.81. The molecule has 0 bridgehead atoms. The first-order valence-corrected chi connectivity index (χ1v) is 8.80. The van der Waals surface area contributed by atoms with Gasteiger partial charge in [0.1, 0.15) is 11.6 Å². The van der Waals surface area contributed by atoms with Gasteiger partial charge < -0.3 is 15.1 Å². The molecule has 0 unspecified atom stereocenters. The van der Waals surface area contributed by atoms with Crippen molar-refractivity contribution in [1.29, 1.82) is 0 Å². The molecule has 2 heterocycles. The lowest BCUT2D eigenvalue weighted by Gasteiger charge is -2.10. The van der Waals surface area contributed by atoms with E-state index in [1.54, 1.807) is 12.1 Å². The second-order valence-electron chi connectivity index (χ2n) is 6.19. The minimum Gasteiger partial charge on any atom is -0.459 e. The maximum atomic E-state index is 12.1. The molecule has 4 aromatic rings. The van der Waals surface area contributed by atoms with Gasteiger partial charge in [-0.2, -0.15) is 0 Å². The monoisotopic (exact) mass is 370 g/mol. The quantitative estimate of drug-likeness (QED) is 0.514. The summed E-state index contributed by atoms with van der Waals surface area (Å²) < 4.78 is 5.12. The number of benzene rings is 2. The molecule has 28 heavy (non-hydrogen) atoms. The lowest BCUT2D eigenvalue weighted by molar-refractivity contribution is 0.0996. The van der Waals surface area contributed by atoms with Crippen molar-refractivity contribution in [2.75, 3.05) is 10.6 Å². The van der Waals surface area contributed by atoms with E-state index in [4.69, 9.17) is 4.42 Å². The van der Waals surface area contributed by atoms with E-state index in [1.807, 2.05) is 67.6 Å². The molecular formula is C22H18N4O2. The first kappa shape index (κ1) is 17.5. The first-order valence-electron chi connectivity index (χ1n) is 8.80. The fraction of sp³-hybridized carbons (Fsp3) is 0.0455. The predicted molar refractivity (Wildman–Crippen MR) is 109 cm³/mol. The topological polar surface area (TPSA) is 80.0 Å². The van der Waals surface area contributed by atoms with E-state index in [9.17, 15) is 4.79 Å². The number of amides is 1.